The molecule has 1 aliphatic rings. The molecule has 120 valence electrons. The number of aromatic nitrogens is 1. The minimum atomic E-state index is 0.0887. The molecular weight excluding hydrogens is 288 g/mol. The van der Waals surface area contributed by atoms with Gasteiger partial charge in [0.25, 0.3) is 5.91 Å². The van der Waals surface area contributed by atoms with Crippen LogP contribution in [-0.4, -0.2) is 35.5 Å². The zero-order chi connectivity index (χ0) is 16.2. The van der Waals surface area contributed by atoms with Crippen LogP contribution in [-0.2, 0) is 6.42 Å². The average Bonchev–Trinajstić information content (AvgIpc) is 3.03. The maximum atomic E-state index is 12.7. The van der Waals surface area contributed by atoms with Crippen LogP contribution < -0.4 is 4.74 Å². The molecule has 1 aromatic carbocycles. The first-order valence-electron chi connectivity index (χ1n) is 8.03. The molecule has 2 aromatic rings. The van der Waals surface area contributed by atoms with Gasteiger partial charge in [-0.25, -0.2) is 0 Å². The van der Waals surface area contributed by atoms with Crippen molar-refractivity contribution < 1.29 is 9.53 Å². The predicted octanol–water partition coefficient (Wildman–Crippen LogP) is 3.25. The first kappa shape index (κ1) is 15.5. The first-order valence-corrected chi connectivity index (χ1v) is 8.03. The highest BCUT2D eigenvalue weighted by Gasteiger charge is 2.29. The van der Waals surface area contributed by atoms with Gasteiger partial charge in [0.15, 0.2) is 0 Å². The van der Waals surface area contributed by atoms with Crippen LogP contribution in [0.3, 0.4) is 0 Å². The van der Waals surface area contributed by atoms with E-state index in [2.05, 4.69) is 24.0 Å². The number of carbonyl (C=O) groups excluding carboxylic acids is 1. The summed E-state index contributed by atoms with van der Waals surface area (Å²) in [6.07, 6.45) is 6.34. The van der Waals surface area contributed by atoms with E-state index >= 15 is 0 Å². The number of benzene rings is 1. The number of nitrogens with zero attached hydrogens (tertiary/aromatic N) is 2. The van der Waals surface area contributed by atoms with E-state index in [-0.39, 0.29) is 11.9 Å². The minimum Gasteiger partial charge on any atom is -0.496 e. The van der Waals surface area contributed by atoms with Crippen molar-refractivity contribution in [1.29, 1.82) is 0 Å². The van der Waals surface area contributed by atoms with E-state index in [1.165, 1.54) is 5.56 Å². The zero-order valence-corrected chi connectivity index (χ0v) is 13.7. The topological polar surface area (TPSA) is 42.4 Å². The lowest BCUT2D eigenvalue weighted by Crippen LogP contribution is -2.36. The van der Waals surface area contributed by atoms with Crippen LogP contribution in [0.15, 0.2) is 42.7 Å². The van der Waals surface area contributed by atoms with E-state index in [4.69, 9.17) is 4.74 Å². The van der Waals surface area contributed by atoms with E-state index in [9.17, 15) is 4.79 Å². The lowest BCUT2D eigenvalue weighted by molar-refractivity contribution is 0.0736. The Hall–Kier alpha value is -2.36. The molecule has 0 N–H and O–H groups in total. The van der Waals surface area contributed by atoms with Gasteiger partial charge in [-0.3, -0.25) is 9.78 Å². The fourth-order valence-corrected chi connectivity index (χ4v) is 3.31. The fourth-order valence-electron chi connectivity index (χ4n) is 3.31. The summed E-state index contributed by atoms with van der Waals surface area (Å²) in [6, 6.07) is 10.2. The SMILES string of the molecule is COc1ccc(CC2CCCN2C(=O)c2cccnc2)cc1C. The summed E-state index contributed by atoms with van der Waals surface area (Å²) in [5.41, 5.74) is 3.05. The van der Waals surface area contributed by atoms with Gasteiger partial charge in [0.2, 0.25) is 0 Å². The quantitative estimate of drug-likeness (QED) is 0.870. The van der Waals surface area contributed by atoms with E-state index in [1.807, 2.05) is 23.1 Å². The smallest absolute Gasteiger partial charge is 0.255 e. The summed E-state index contributed by atoms with van der Waals surface area (Å²) in [5.74, 6) is 0.995. The highest BCUT2D eigenvalue weighted by atomic mass is 16.5. The molecule has 4 nitrogen and oxygen atoms in total. The molecule has 23 heavy (non-hydrogen) atoms. The van der Waals surface area contributed by atoms with Crippen LogP contribution >= 0.6 is 0 Å². The van der Waals surface area contributed by atoms with Crippen LogP contribution in [0, 0.1) is 6.92 Å². The summed E-state index contributed by atoms with van der Waals surface area (Å²) < 4.78 is 5.32. The molecule has 4 heteroatoms. The first-order chi connectivity index (χ1) is 11.2. The van der Waals surface area contributed by atoms with Gasteiger partial charge in [-0.05, 0) is 55.5 Å². The minimum absolute atomic E-state index is 0.0887. The summed E-state index contributed by atoms with van der Waals surface area (Å²) in [4.78, 5) is 18.7. The van der Waals surface area contributed by atoms with Gasteiger partial charge in [0.05, 0.1) is 12.7 Å². The molecule has 0 spiro atoms. The van der Waals surface area contributed by atoms with E-state index in [0.29, 0.717) is 5.56 Å². The molecule has 1 aliphatic heterocycles. The summed E-state index contributed by atoms with van der Waals surface area (Å²) in [7, 11) is 1.69. The van der Waals surface area contributed by atoms with Gasteiger partial charge in [-0.2, -0.15) is 0 Å². The number of aryl methyl sites for hydroxylation is 1. The number of amides is 1. The molecule has 1 unspecified atom stereocenters. The zero-order valence-electron chi connectivity index (χ0n) is 13.7. The standard InChI is InChI=1S/C19H22N2O2/c1-14-11-15(7-8-18(14)23-2)12-17-6-4-10-21(17)19(22)16-5-3-9-20-13-16/h3,5,7-9,11,13,17H,4,6,10,12H2,1-2H3. The van der Waals surface area contributed by atoms with Gasteiger partial charge in [-0.15, -0.1) is 0 Å². The van der Waals surface area contributed by atoms with Crippen molar-refractivity contribution in [3.8, 4) is 5.75 Å². The molecule has 1 saturated heterocycles. The van der Waals surface area contributed by atoms with Crippen molar-refractivity contribution >= 4 is 5.91 Å². The van der Waals surface area contributed by atoms with Crippen molar-refractivity contribution in [2.24, 2.45) is 0 Å². The molecule has 1 fully saturated rings. The van der Waals surface area contributed by atoms with Crippen LogP contribution in [0.25, 0.3) is 0 Å². The van der Waals surface area contributed by atoms with Crippen molar-refractivity contribution in [1.82, 2.24) is 9.88 Å². The van der Waals surface area contributed by atoms with Gasteiger partial charge >= 0.3 is 0 Å². The highest BCUT2D eigenvalue weighted by Crippen LogP contribution is 2.25. The number of rotatable bonds is 4. The third kappa shape index (κ3) is 3.36. The third-order valence-electron chi connectivity index (χ3n) is 4.48. The maximum absolute atomic E-state index is 12.7. The molecule has 1 atom stereocenters. The van der Waals surface area contributed by atoms with Crippen LogP contribution in [0.1, 0.15) is 34.3 Å². The Morgan fingerprint density at radius 1 is 1.39 bits per heavy atom. The number of pyridine rings is 1. The second-order valence-electron chi connectivity index (χ2n) is 6.04. The number of hydrogen-bond acceptors (Lipinski definition) is 3. The molecule has 2 heterocycles. The van der Waals surface area contributed by atoms with Gasteiger partial charge in [-0.1, -0.05) is 12.1 Å². The molecule has 0 bridgehead atoms. The molecule has 0 radical (unpaired) electrons. The van der Waals surface area contributed by atoms with E-state index in [1.54, 1.807) is 19.5 Å². The van der Waals surface area contributed by atoms with E-state index in [0.717, 1.165) is 37.1 Å². The average molecular weight is 310 g/mol. The molecule has 1 aromatic heterocycles. The van der Waals surface area contributed by atoms with Crippen molar-refractivity contribution in [3.05, 3.63) is 59.4 Å². The van der Waals surface area contributed by atoms with Gasteiger partial charge in [0, 0.05) is 25.0 Å². The number of carbonyl (C=O) groups is 1. The Bertz CT molecular complexity index is 685. The number of ether oxygens (including phenoxy) is 1. The van der Waals surface area contributed by atoms with Crippen LogP contribution in [0.2, 0.25) is 0 Å². The molecule has 1 amide bonds. The summed E-state index contributed by atoms with van der Waals surface area (Å²) in [6.45, 7) is 2.88. The van der Waals surface area contributed by atoms with Gasteiger partial charge < -0.3 is 9.64 Å². The predicted molar refractivity (Wildman–Crippen MR) is 89.7 cm³/mol. The lowest BCUT2D eigenvalue weighted by Gasteiger charge is -2.25. The van der Waals surface area contributed by atoms with Crippen molar-refractivity contribution in [3.63, 3.8) is 0 Å². The molecule has 0 aliphatic carbocycles. The van der Waals surface area contributed by atoms with Crippen molar-refractivity contribution in [2.45, 2.75) is 32.2 Å². The molecule has 3 rings (SSSR count). The Morgan fingerprint density at radius 2 is 2.26 bits per heavy atom. The number of methoxy groups -OCH3 is 1. The molecule has 0 saturated carbocycles. The largest absolute Gasteiger partial charge is 0.496 e. The number of hydrogen-bond donors (Lipinski definition) is 0. The Kier molecular flexibility index (Phi) is 4.60. The monoisotopic (exact) mass is 310 g/mol. The fraction of sp³-hybridized carbons (Fsp3) is 0.368. The second kappa shape index (κ2) is 6.82. The lowest BCUT2D eigenvalue weighted by atomic mass is 10.0. The van der Waals surface area contributed by atoms with Crippen molar-refractivity contribution in [2.75, 3.05) is 13.7 Å². The Morgan fingerprint density at radius 3 is 2.96 bits per heavy atom. The number of likely N-dealkylation sites (tertiary alicyclic amines) is 1. The Labute approximate surface area is 137 Å². The summed E-state index contributed by atoms with van der Waals surface area (Å²) in [5, 5.41) is 0. The van der Waals surface area contributed by atoms with Crippen LogP contribution in [0.4, 0.5) is 0 Å². The second-order valence-corrected chi connectivity index (χ2v) is 6.04. The highest BCUT2D eigenvalue weighted by molar-refractivity contribution is 5.94. The van der Waals surface area contributed by atoms with Gasteiger partial charge in [0.1, 0.15) is 5.75 Å². The normalized spacial score (nSPS) is 17.3. The maximum Gasteiger partial charge on any atom is 0.255 e. The van der Waals surface area contributed by atoms with Crippen LogP contribution in [0.5, 0.6) is 5.75 Å². The Balaban J connectivity index is 1.74. The molecular formula is C19H22N2O2. The third-order valence-corrected chi connectivity index (χ3v) is 4.48. The van der Waals surface area contributed by atoms with E-state index < -0.39 is 0 Å². The summed E-state index contributed by atoms with van der Waals surface area (Å²) >= 11 is 0.